The minimum absolute atomic E-state index is 0.0728. The molecular weight excluding hydrogens is 536 g/mol. The van der Waals surface area contributed by atoms with E-state index < -0.39 is 0 Å². The van der Waals surface area contributed by atoms with Crippen LogP contribution < -0.4 is 0 Å². The van der Waals surface area contributed by atoms with Crippen LogP contribution in [0.5, 0.6) is 0 Å². The van der Waals surface area contributed by atoms with E-state index in [1.54, 1.807) is 12.4 Å². The lowest BCUT2D eigenvalue weighted by atomic mass is 9.79. The van der Waals surface area contributed by atoms with Crippen molar-refractivity contribution in [2.45, 2.75) is 58.5 Å². The van der Waals surface area contributed by atoms with Gasteiger partial charge in [0.25, 0.3) is 0 Å². The Balaban J connectivity index is 1.65. The number of hydrogen-bond acceptors (Lipinski definition) is 5. The fraction of sp³-hybridized carbons (Fsp3) is 0.375. The lowest BCUT2D eigenvalue weighted by Crippen LogP contribution is -2.52. The Morgan fingerprint density at radius 2 is 1.74 bits per heavy atom. The summed E-state index contributed by atoms with van der Waals surface area (Å²) in [7, 11) is 0. The second kappa shape index (κ2) is 10.9. The summed E-state index contributed by atoms with van der Waals surface area (Å²) in [5, 5.41) is 0. The summed E-state index contributed by atoms with van der Waals surface area (Å²) >= 11 is 3.58. The Morgan fingerprint density at radius 3 is 2.39 bits per heavy atom. The number of carbonyl (C=O) groups excluding carboxylic acids is 1. The van der Waals surface area contributed by atoms with Crippen molar-refractivity contribution in [3.05, 3.63) is 94.2 Å². The Labute approximate surface area is 234 Å². The number of carbonyl (C=O) groups is 1. The molecule has 0 bridgehead atoms. The van der Waals surface area contributed by atoms with Gasteiger partial charge in [-0.25, -0.2) is 0 Å². The first-order valence-corrected chi connectivity index (χ1v) is 14.4. The van der Waals surface area contributed by atoms with Crippen LogP contribution in [0, 0.1) is 11.8 Å². The molecule has 2 aromatic carbocycles. The van der Waals surface area contributed by atoms with Crippen molar-refractivity contribution < 1.29 is 4.79 Å². The summed E-state index contributed by atoms with van der Waals surface area (Å²) in [6.07, 6.45) is 5.92. The lowest BCUT2D eigenvalue weighted by molar-refractivity contribution is 0.0947. The first-order valence-electron chi connectivity index (χ1n) is 13.6. The predicted octanol–water partition coefficient (Wildman–Crippen LogP) is 7.32. The van der Waals surface area contributed by atoms with Gasteiger partial charge in [-0.2, -0.15) is 0 Å². The second-order valence-electron chi connectivity index (χ2n) is 10.7. The normalized spacial score (nSPS) is 19.3. The van der Waals surface area contributed by atoms with Crippen LogP contribution in [-0.4, -0.2) is 45.3 Å². The molecule has 2 unspecified atom stereocenters. The number of hydrogen-bond donors (Lipinski definition) is 0. The van der Waals surface area contributed by atoms with E-state index in [1.807, 2.05) is 24.3 Å². The van der Waals surface area contributed by atoms with Crippen LogP contribution in [0.3, 0.4) is 0 Å². The predicted molar refractivity (Wildman–Crippen MR) is 159 cm³/mol. The monoisotopic (exact) mass is 570 g/mol. The standard InChI is InChI=1S/C32H35BrN4O/c1-5-32(6-2)20-37(31(36-32)23-12-14-24(33)15-13-23)29(21(3)4)28-25(18-22-10-8-7-9-11-22)30(38)26-19-34-17-16-27(26)35-28/h7-17,19,21,25,29H,5-6,18,20H2,1-4H3. The molecule has 0 saturated carbocycles. The molecule has 0 fully saturated rings. The Morgan fingerprint density at radius 1 is 1.03 bits per heavy atom. The summed E-state index contributed by atoms with van der Waals surface area (Å²) in [6, 6.07) is 20.5. The average molecular weight is 572 g/mol. The SMILES string of the molecule is CCC1(CC)CN(C(C2=Nc3ccncc3C(=O)C2Cc2ccccc2)C(C)C)C(c2ccc(Br)cc2)=N1. The van der Waals surface area contributed by atoms with Crippen LogP contribution >= 0.6 is 15.9 Å². The number of benzene rings is 2. The fourth-order valence-corrected chi connectivity index (χ4v) is 6.07. The highest BCUT2D eigenvalue weighted by Gasteiger charge is 2.45. The van der Waals surface area contributed by atoms with Crippen molar-refractivity contribution in [1.82, 2.24) is 9.88 Å². The summed E-state index contributed by atoms with van der Waals surface area (Å²) in [6.45, 7) is 9.72. The van der Waals surface area contributed by atoms with Crippen LogP contribution in [0.4, 0.5) is 5.69 Å². The van der Waals surface area contributed by atoms with Gasteiger partial charge in [0.2, 0.25) is 0 Å². The molecule has 3 heterocycles. The minimum atomic E-state index is -0.356. The van der Waals surface area contributed by atoms with Crippen molar-refractivity contribution in [1.29, 1.82) is 0 Å². The largest absolute Gasteiger partial charge is 0.345 e. The molecule has 38 heavy (non-hydrogen) atoms. The molecule has 2 atom stereocenters. The fourth-order valence-electron chi connectivity index (χ4n) is 5.80. The summed E-state index contributed by atoms with van der Waals surface area (Å²) in [5.41, 5.74) is 4.32. The number of nitrogens with zero attached hydrogens (tertiary/aromatic N) is 4. The maximum Gasteiger partial charge on any atom is 0.175 e. The van der Waals surface area contributed by atoms with Crippen molar-refractivity contribution in [2.24, 2.45) is 21.8 Å². The highest BCUT2D eigenvalue weighted by atomic mass is 79.9. The van der Waals surface area contributed by atoms with Crippen LogP contribution in [0.1, 0.15) is 62.0 Å². The molecule has 0 saturated heterocycles. The Hall–Kier alpha value is -3.12. The zero-order chi connectivity index (χ0) is 26.9. The van der Waals surface area contributed by atoms with Gasteiger partial charge >= 0.3 is 0 Å². The number of ketones is 1. The van der Waals surface area contributed by atoms with Crippen molar-refractivity contribution in [3.8, 4) is 0 Å². The van der Waals surface area contributed by atoms with Gasteiger partial charge in [0.1, 0.15) is 5.84 Å². The van der Waals surface area contributed by atoms with E-state index in [0.29, 0.717) is 17.7 Å². The van der Waals surface area contributed by atoms with Crippen LogP contribution in [-0.2, 0) is 6.42 Å². The minimum Gasteiger partial charge on any atom is -0.345 e. The van der Waals surface area contributed by atoms with E-state index in [9.17, 15) is 4.79 Å². The number of rotatable bonds is 8. The molecular formula is C32H35BrN4O. The van der Waals surface area contributed by atoms with Crippen LogP contribution in [0.15, 0.2) is 87.5 Å². The third-order valence-corrected chi connectivity index (χ3v) is 8.57. The first kappa shape index (κ1) is 26.5. The number of fused-ring (bicyclic) bond motifs is 1. The van der Waals surface area contributed by atoms with Gasteiger partial charge in [0.15, 0.2) is 5.78 Å². The number of aliphatic imine (C=N–C) groups is 2. The molecule has 6 heteroatoms. The van der Waals surface area contributed by atoms with Gasteiger partial charge < -0.3 is 4.90 Å². The molecule has 2 aliphatic rings. The Kier molecular flexibility index (Phi) is 7.62. The molecule has 2 aliphatic heterocycles. The summed E-state index contributed by atoms with van der Waals surface area (Å²) < 4.78 is 1.04. The van der Waals surface area contributed by atoms with Crippen molar-refractivity contribution in [3.63, 3.8) is 0 Å². The van der Waals surface area contributed by atoms with Gasteiger partial charge in [0.05, 0.1) is 34.5 Å². The number of pyridine rings is 1. The molecule has 196 valence electrons. The zero-order valence-corrected chi connectivity index (χ0v) is 24.1. The van der Waals surface area contributed by atoms with E-state index in [1.165, 1.54) is 0 Å². The third-order valence-electron chi connectivity index (χ3n) is 8.04. The zero-order valence-electron chi connectivity index (χ0n) is 22.6. The quantitative estimate of drug-likeness (QED) is 0.285. The van der Waals surface area contributed by atoms with Gasteiger partial charge in [-0.3, -0.25) is 19.8 Å². The van der Waals surface area contributed by atoms with Crippen LogP contribution in [0.25, 0.3) is 0 Å². The third kappa shape index (κ3) is 4.98. The van der Waals surface area contributed by atoms with E-state index in [4.69, 9.17) is 9.98 Å². The summed E-state index contributed by atoms with van der Waals surface area (Å²) in [5.74, 6) is 0.958. The second-order valence-corrected chi connectivity index (χ2v) is 11.6. The van der Waals surface area contributed by atoms with Crippen LogP contribution in [0.2, 0.25) is 0 Å². The van der Waals surface area contributed by atoms with E-state index >= 15 is 0 Å². The molecule has 0 aliphatic carbocycles. The van der Waals surface area contributed by atoms with Gasteiger partial charge in [-0.15, -0.1) is 0 Å². The van der Waals surface area contributed by atoms with Crippen molar-refractivity contribution >= 4 is 38.9 Å². The van der Waals surface area contributed by atoms with Gasteiger partial charge in [-0.1, -0.05) is 86.1 Å². The summed E-state index contributed by atoms with van der Waals surface area (Å²) in [4.78, 5) is 31.3. The topological polar surface area (TPSA) is 57.9 Å². The number of Topliss-reactive ketones (excluding diaryl/α,β-unsaturated/α-hetero) is 1. The molecule has 5 rings (SSSR count). The molecule has 0 spiro atoms. The average Bonchev–Trinajstić information content (AvgIpc) is 3.31. The van der Waals surface area contributed by atoms with Gasteiger partial charge in [0, 0.05) is 29.0 Å². The molecule has 0 radical (unpaired) electrons. The van der Waals surface area contributed by atoms with E-state index in [-0.39, 0.29) is 29.2 Å². The lowest BCUT2D eigenvalue weighted by Gasteiger charge is -2.39. The molecule has 0 N–H and O–H groups in total. The highest BCUT2D eigenvalue weighted by Crippen LogP contribution is 2.38. The number of amidine groups is 1. The smallest absolute Gasteiger partial charge is 0.175 e. The molecule has 5 nitrogen and oxygen atoms in total. The highest BCUT2D eigenvalue weighted by molar-refractivity contribution is 9.10. The Bertz CT molecular complexity index is 1360. The number of aromatic nitrogens is 1. The van der Waals surface area contributed by atoms with Gasteiger partial charge in [-0.05, 0) is 48.9 Å². The first-order chi connectivity index (χ1) is 18.4. The van der Waals surface area contributed by atoms with E-state index in [2.05, 4.69) is 89.9 Å². The molecule has 3 aromatic rings. The molecule has 0 amide bonds. The maximum absolute atomic E-state index is 14.0. The van der Waals surface area contributed by atoms with E-state index in [0.717, 1.165) is 46.5 Å². The maximum atomic E-state index is 14.0. The van der Waals surface area contributed by atoms with Crippen molar-refractivity contribution in [2.75, 3.05) is 6.54 Å². The molecule has 1 aromatic heterocycles. The number of halogens is 1.